The summed E-state index contributed by atoms with van der Waals surface area (Å²) >= 11 is 5.98. The Morgan fingerprint density at radius 1 is 1.00 bits per heavy atom. The summed E-state index contributed by atoms with van der Waals surface area (Å²) in [4.78, 5) is 24.5. The van der Waals surface area contributed by atoms with Crippen molar-refractivity contribution in [1.29, 1.82) is 0 Å². The van der Waals surface area contributed by atoms with Gasteiger partial charge >= 0.3 is 0 Å². The molecule has 1 aliphatic carbocycles. The number of para-hydroxylation sites is 1. The molecule has 0 unspecified atom stereocenters. The Morgan fingerprint density at radius 3 is 2.38 bits per heavy atom. The van der Waals surface area contributed by atoms with E-state index in [2.05, 4.69) is 15.7 Å². The lowest BCUT2D eigenvalue weighted by Crippen LogP contribution is -2.36. The van der Waals surface area contributed by atoms with Crippen molar-refractivity contribution in [3.8, 4) is 16.9 Å². The van der Waals surface area contributed by atoms with Crippen molar-refractivity contribution in [2.24, 2.45) is 5.92 Å². The van der Waals surface area contributed by atoms with Crippen LogP contribution in [-0.2, 0) is 4.79 Å². The fourth-order valence-electron chi connectivity index (χ4n) is 3.01. The summed E-state index contributed by atoms with van der Waals surface area (Å²) in [6, 6.07) is 18.6. The number of hydrogen-bond donors (Lipinski definition) is 2. The Hall–Kier alpha value is -3.12. The second kappa shape index (κ2) is 8.49. The number of rotatable bonds is 7. The third-order valence-electron chi connectivity index (χ3n) is 4.74. The Balaban J connectivity index is 1.52. The van der Waals surface area contributed by atoms with Crippen molar-refractivity contribution in [3.63, 3.8) is 0 Å². The standard InChI is InChI=1S/C22H21ClN4O2/c23-17-10-8-15(9-11-17)19-14-20(27(26-19)18-4-2-1-3-5-18)22(29)25-13-12-24-21(28)16-6-7-16/h1-5,8-11,14,16H,6-7,12-13H2,(H,24,28)(H,25,29). The third-order valence-corrected chi connectivity index (χ3v) is 4.99. The molecule has 0 spiro atoms. The third kappa shape index (κ3) is 4.66. The van der Waals surface area contributed by atoms with Crippen molar-refractivity contribution in [2.45, 2.75) is 12.8 Å². The number of nitrogens with one attached hydrogen (secondary N) is 2. The van der Waals surface area contributed by atoms with E-state index < -0.39 is 0 Å². The maximum absolute atomic E-state index is 12.8. The maximum atomic E-state index is 12.8. The van der Waals surface area contributed by atoms with Gasteiger partial charge < -0.3 is 10.6 Å². The van der Waals surface area contributed by atoms with Gasteiger partial charge in [0, 0.05) is 29.6 Å². The lowest BCUT2D eigenvalue weighted by atomic mass is 10.1. The van der Waals surface area contributed by atoms with E-state index in [9.17, 15) is 9.59 Å². The van der Waals surface area contributed by atoms with E-state index in [1.165, 1.54) is 0 Å². The van der Waals surface area contributed by atoms with Gasteiger partial charge in [-0.25, -0.2) is 4.68 Å². The van der Waals surface area contributed by atoms with Crippen LogP contribution in [0.5, 0.6) is 0 Å². The number of carbonyl (C=O) groups is 2. The van der Waals surface area contributed by atoms with Crippen molar-refractivity contribution in [1.82, 2.24) is 20.4 Å². The number of carbonyl (C=O) groups excluding carboxylic acids is 2. The Kier molecular flexibility index (Phi) is 5.62. The van der Waals surface area contributed by atoms with E-state index in [0.717, 1.165) is 24.1 Å². The molecule has 0 atom stereocenters. The predicted octanol–water partition coefficient (Wildman–Crippen LogP) is 3.45. The van der Waals surface area contributed by atoms with Crippen LogP contribution in [0.1, 0.15) is 23.3 Å². The first-order chi connectivity index (χ1) is 14.1. The van der Waals surface area contributed by atoms with E-state index in [1.807, 2.05) is 42.5 Å². The van der Waals surface area contributed by atoms with Crippen LogP contribution in [0.15, 0.2) is 60.7 Å². The SMILES string of the molecule is O=C(NCCNC(=O)C1CC1)c1cc(-c2ccc(Cl)cc2)nn1-c1ccccc1. The number of halogens is 1. The highest BCUT2D eigenvalue weighted by atomic mass is 35.5. The second-order valence-corrected chi connectivity index (χ2v) is 7.43. The Labute approximate surface area is 173 Å². The van der Waals surface area contributed by atoms with Gasteiger partial charge in [0.25, 0.3) is 5.91 Å². The molecule has 2 amide bonds. The van der Waals surface area contributed by atoms with E-state index in [-0.39, 0.29) is 17.7 Å². The highest BCUT2D eigenvalue weighted by molar-refractivity contribution is 6.30. The Morgan fingerprint density at radius 2 is 1.69 bits per heavy atom. The highest BCUT2D eigenvalue weighted by Gasteiger charge is 2.29. The quantitative estimate of drug-likeness (QED) is 0.588. The molecule has 2 N–H and O–H groups in total. The minimum absolute atomic E-state index is 0.0681. The highest BCUT2D eigenvalue weighted by Crippen LogP contribution is 2.28. The minimum atomic E-state index is -0.248. The summed E-state index contributed by atoms with van der Waals surface area (Å²) in [5, 5.41) is 11.0. The number of aromatic nitrogens is 2. The average Bonchev–Trinajstić information content (AvgIpc) is 3.50. The van der Waals surface area contributed by atoms with Crippen molar-refractivity contribution in [3.05, 3.63) is 71.4 Å². The molecule has 2 aromatic carbocycles. The van der Waals surface area contributed by atoms with E-state index >= 15 is 0 Å². The van der Waals surface area contributed by atoms with Gasteiger partial charge in [-0.3, -0.25) is 9.59 Å². The van der Waals surface area contributed by atoms with Gasteiger partial charge in [0.05, 0.1) is 11.4 Å². The molecule has 0 saturated heterocycles. The van der Waals surface area contributed by atoms with Crippen LogP contribution in [-0.4, -0.2) is 34.7 Å². The van der Waals surface area contributed by atoms with Gasteiger partial charge in [0.1, 0.15) is 5.69 Å². The topological polar surface area (TPSA) is 76.0 Å². The zero-order valence-corrected chi connectivity index (χ0v) is 16.5. The molecule has 1 heterocycles. The first kappa shape index (κ1) is 19.2. The zero-order valence-electron chi connectivity index (χ0n) is 15.8. The molecule has 29 heavy (non-hydrogen) atoms. The van der Waals surface area contributed by atoms with Gasteiger partial charge in [-0.1, -0.05) is 41.9 Å². The smallest absolute Gasteiger partial charge is 0.270 e. The molecule has 0 bridgehead atoms. The van der Waals surface area contributed by atoms with Crippen LogP contribution in [0, 0.1) is 5.92 Å². The largest absolute Gasteiger partial charge is 0.354 e. The van der Waals surface area contributed by atoms with Crippen LogP contribution < -0.4 is 10.6 Å². The minimum Gasteiger partial charge on any atom is -0.354 e. The summed E-state index contributed by atoms with van der Waals surface area (Å²) in [7, 11) is 0. The number of hydrogen-bond acceptors (Lipinski definition) is 3. The van der Waals surface area contributed by atoms with Crippen LogP contribution >= 0.6 is 11.6 Å². The fraction of sp³-hybridized carbons (Fsp3) is 0.227. The molecule has 1 saturated carbocycles. The summed E-state index contributed by atoms with van der Waals surface area (Å²) < 4.78 is 1.63. The maximum Gasteiger partial charge on any atom is 0.270 e. The van der Waals surface area contributed by atoms with Gasteiger partial charge in [-0.2, -0.15) is 5.10 Å². The number of amides is 2. The zero-order chi connectivity index (χ0) is 20.2. The van der Waals surface area contributed by atoms with E-state index in [0.29, 0.717) is 29.5 Å². The lowest BCUT2D eigenvalue weighted by Gasteiger charge is -2.09. The normalized spacial score (nSPS) is 13.1. The van der Waals surface area contributed by atoms with Gasteiger partial charge in [-0.15, -0.1) is 0 Å². The molecular formula is C22H21ClN4O2. The van der Waals surface area contributed by atoms with Crippen LogP contribution in [0.4, 0.5) is 0 Å². The molecular weight excluding hydrogens is 388 g/mol. The van der Waals surface area contributed by atoms with Gasteiger partial charge in [0.2, 0.25) is 5.91 Å². The molecule has 0 aliphatic heterocycles. The predicted molar refractivity (Wildman–Crippen MR) is 112 cm³/mol. The molecule has 3 aromatic rings. The monoisotopic (exact) mass is 408 g/mol. The number of benzene rings is 2. The summed E-state index contributed by atoms with van der Waals surface area (Å²) in [5.74, 6) is -0.0204. The second-order valence-electron chi connectivity index (χ2n) is 6.99. The van der Waals surface area contributed by atoms with Crippen LogP contribution in [0.25, 0.3) is 16.9 Å². The fourth-order valence-corrected chi connectivity index (χ4v) is 3.14. The van der Waals surface area contributed by atoms with Crippen molar-refractivity contribution >= 4 is 23.4 Å². The van der Waals surface area contributed by atoms with E-state index in [1.54, 1.807) is 22.9 Å². The summed E-state index contributed by atoms with van der Waals surface area (Å²) in [6.07, 6.45) is 1.92. The van der Waals surface area contributed by atoms with Gasteiger partial charge in [0.15, 0.2) is 0 Å². The molecule has 6 nitrogen and oxygen atoms in total. The van der Waals surface area contributed by atoms with Gasteiger partial charge in [-0.05, 0) is 43.2 Å². The average molecular weight is 409 g/mol. The molecule has 1 fully saturated rings. The molecule has 4 rings (SSSR count). The molecule has 1 aromatic heterocycles. The summed E-state index contributed by atoms with van der Waals surface area (Å²) in [6.45, 7) is 0.762. The summed E-state index contributed by atoms with van der Waals surface area (Å²) in [5.41, 5.74) is 2.77. The van der Waals surface area contributed by atoms with Crippen molar-refractivity contribution in [2.75, 3.05) is 13.1 Å². The molecule has 148 valence electrons. The number of nitrogens with zero attached hydrogens (tertiary/aromatic N) is 2. The first-order valence-corrected chi connectivity index (χ1v) is 9.97. The van der Waals surface area contributed by atoms with E-state index in [4.69, 9.17) is 11.6 Å². The first-order valence-electron chi connectivity index (χ1n) is 9.59. The Bertz CT molecular complexity index is 1010. The molecule has 1 aliphatic rings. The molecule has 0 radical (unpaired) electrons. The van der Waals surface area contributed by atoms with Crippen LogP contribution in [0.2, 0.25) is 5.02 Å². The lowest BCUT2D eigenvalue weighted by molar-refractivity contribution is -0.122. The molecule has 7 heteroatoms. The van der Waals surface area contributed by atoms with Crippen molar-refractivity contribution < 1.29 is 9.59 Å². The van der Waals surface area contributed by atoms with Crippen LogP contribution in [0.3, 0.4) is 0 Å².